The molecule has 0 aliphatic rings. The molecule has 2 aromatic rings. The van der Waals surface area contributed by atoms with Crippen molar-refractivity contribution in [1.82, 2.24) is 0 Å². The summed E-state index contributed by atoms with van der Waals surface area (Å²) in [6.45, 7) is 1.76. The number of phenols is 2. The van der Waals surface area contributed by atoms with E-state index in [9.17, 15) is 19.4 Å². The number of anilines is 1. The van der Waals surface area contributed by atoms with Gasteiger partial charge >= 0.3 is 0 Å². The lowest BCUT2D eigenvalue weighted by Crippen LogP contribution is -2.13. The molecule has 4 nitrogen and oxygen atoms in total. The van der Waals surface area contributed by atoms with E-state index >= 15 is 0 Å². The van der Waals surface area contributed by atoms with E-state index in [0.717, 1.165) is 11.6 Å². The highest BCUT2D eigenvalue weighted by Crippen LogP contribution is 2.24. The molecule has 0 spiro atoms. The maximum absolute atomic E-state index is 13.5. The molecule has 2 aromatic carbocycles. The van der Waals surface area contributed by atoms with Crippen LogP contribution < -0.4 is 5.32 Å². The minimum absolute atomic E-state index is 0.0211. The standard InChI is InChI=1S/C14H12FNO3/c1-8-2-4-11(15)12(6-8)16-14(19)10-7-9(17)3-5-13(10)18/h2-7,17-18H,1H3,(H,16,19). The molecule has 0 radical (unpaired) electrons. The zero-order valence-corrected chi connectivity index (χ0v) is 10.1. The monoisotopic (exact) mass is 261 g/mol. The van der Waals surface area contributed by atoms with Crippen molar-refractivity contribution in [3.8, 4) is 11.5 Å². The average Bonchev–Trinajstić information content (AvgIpc) is 2.36. The van der Waals surface area contributed by atoms with Crippen molar-refractivity contribution in [2.45, 2.75) is 6.92 Å². The number of phenolic OH excluding ortho intramolecular Hbond substituents is 2. The number of nitrogens with one attached hydrogen (secondary N) is 1. The second-order valence-electron chi connectivity index (χ2n) is 4.14. The molecule has 2 rings (SSSR count). The summed E-state index contributed by atoms with van der Waals surface area (Å²) in [6, 6.07) is 7.85. The predicted molar refractivity (Wildman–Crippen MR) is 68.9 cm³/mol. The summed E-state index contributed by atoms with van der Waals surface area (Å²) in [5.41, 5.74) is 0.686. The van der Waals surface area contributed by atoms with Crippen LogP contribution in [0.3, 0.4) is 0 Å². The molecule has 0 saturated carbocycles. The molecule has 0 aromatic heterocycles. The molecule has 0 fully saturated rings. The van der Waals surface area contributed by atoms with Gasteiger partial charge in [0.1, 0.15) is 17.3 Å². The zero-order chi connectivity index (χ0) is 14.0. The van der Waals surface area contributed by atoms with Crippen molar-refractivity contribution < 1.29 is 19.4 Å². The van der Waals surface area contributed by atoms with Crippen LogP contribution in [0, 0.1) is 12.7 Å². The van der Waals surface area contributed by atoms with Gasteiger partial charge in [0.25, 0.3) is 5.91 Å². The Morgan fingerprint density at radius 2 is 1.89 bits per heavy atom. The van der Waals surface area contributed by atoms with Gasteiger partial charge in [-0.3, -0.25) is 4.79 Å². The highest BCUT2D eigenvalue weighted by atomic mass is 19.1. The van der Waals surface area contributed by atoms with E-state index < -0.39 is 11.7 Å². The van der Waals surface area contributed by atoms with Crippen LogP contribution in [0.5, 0.6) is 11.5 Å². The first-order valence-electron chi connectivity index (χ1n) is 5.57. The molecule has 0 atom stereocenters. The molecule has 19 heavy (non-hydrogen) atoms. The molecule has 3 N–H and O–H groups in total. The fourth-order valence-electron chi connectivity index (χ4n) is 1.63. The van der Waals surface area contributed by atoms with Gasteiger partial charge in [0.05, 0.1) is 11.3 Å². The zero-order valence-electron chi connectivity index (χ0n) is 10.1. The smallest absolute Gasteiger partial charge is 0.259 e. The number of benzene rings is 2. The molecule has 0 aliphatic heterocycles. The Labute approximate surface area is 109 Å². The third kappa shape index (κ3) is 2.82. The SMILES string of the molecule is Cc1ccc(F)c(NC(=O)c2cc(O)ccc2O)c1. The third-order valence-corrected chi connectivity index (χ3v) is 2.59. The Kier molecular flexibility index (Phi) is 3.37. The number of amides is 1. The normalized spacial score (nSPS) is 10.2. The van der Waals surface area contributed by atoms with Crippen LogP contribution in [0.15, 0.2) is 36.4 Å². The second kappa shape index (κ2) is 4.97. The van der Waals surface area contributed by atoms with E-state index in [-0.39, 0.29) is 22.7 Å². The summed E-state index contributed by atoms with van der Waals surface area (Å²) in [5.74, 6) is -1.72. The van der Waals surface area contributed by atoms with E-state index in [0.29, 0.717) is 0 Å². The first-order chi connectivity index (χ1) is 8.97. The summed E-state index contributed by atoms with van der Waals surface area (Å²) >= 11 is 0. The van der Waals surface area contributed by atoms with Crippen molar-refractivity contribution in [3.63, 3.8) is 0 Å². The van der Waals surface area contributed by atoms with Crippen LogP contribution in [0.25, 0.3) is 0 Å². The first kappa shape index (κ1) is 12.9. The van der Waals surface area contributed by atoms with Gasteiger partial charge in [-0.1, -0.05) is 6.07 Å². The molecule has 1 amide bonds. The Bertz CT molecular complexity index is 641. The Morgan fingerprint density at radius 3 is 2.63 bits per heavy atom. The molecule has 0 aliphatic carbocycles. The lowest BCUT2D eigenvalue weighted by Gasteiger charge is -2.08. The van der Waals surface area contributed by atoms with Gasteiger partial charge in [-0.15, -0.1) is 0 Å². The van der Waals surface area contributed by atoms with Crippen molar-refractivity contribution >= 4 is 11.6 Å². The first-order valence-corrected chi connectivity index (χ1v) is 5.57. The number of carbonyl (C=O) groups excluding carboxylic acids is 1. The molecule has 98 valence electrons. The van der Waals surface area contributed by atoms with Crippen molar-refractivity contribution in [3.05, 3.63) is 53.3 Å². The molecular weight excluding hydrogens is 249 g/mol. The summed E-state index contributed by atoms with van der Waals surface area (Å²) < 4.78 is 13.5. The lowest BCUT2D eigenvalue weighted by atomic mass is 10.1. The highest BCUT2D eigenvalue weighted by molar-refractivity contribution is 6.06. The lowest BCUT2D eigenvalue weighted by molar-refractivity contribution is 0.102. The number of aryl methyl sites for hydroxylation is 1. The minimum atomic E-state index is -0.696. The summed E-state index contributed by atoms with van der Waals surface area (Å²) in [4.78, 5) is 11.9. The highest BCUT2D eigenvalue weighted by Gasteiger charge is 2.14. The average molecular weight is 261 g/mol. The van der Waals surface area contributed by atoms with Crippen molar-refractivity contribution in [2.24, 2.45) is 0 Å². The number of carbonyl (C=O) groups is 1. The molecule has 0 heterocycles. The molecule has 0 unspecified atom stereocenters. The fourth-order valence-corrected chi connectivity index (χ4v) is 1.63. The number of rotatable bonds is 2. The largest absolute Gasteiger partial charge is 0.508 e. The Hall–Kier alpha value is -2.56. The van der Waals surface area contributed by atoms with Crippen LogP contribution in [-0.4, -0.2) is 16.1 Å². The van der Waals surface area contributed by atoms with Gasteiger partial charge in [0.15, 0.2) is 0 Å². The molecular formula is C14H12FNO3. The number of hydrogen-bond acceptors (Lipinski definition) is 3. The Balaban J connectivity index is 2.30. The van der Waals surface area contributed by atoms with Gasteiger partial charge in [-0.25, -0.2) is 4.39 Å². The maximum Gasteiger partial charge on any atom is 0.259 e. The third-order valence-electron chi connectivity index (χ3n) is 2.59. The van der Waals surface area contributed by atoms with E-state index in [1.807, 2.05) is 0 Å². The van der Waals surface area contributed by atoms with E-state index in [1.54, 1.807) is 13.0 Å². The van der Waals surface area contributed by atoms with E-state index in [1.165, 1.54) is 24.3 Å². The molecule has 5 heteroatoms. The van der Waals surface area contributed by atoms with Gasteiger partial charge in [-0.05, 0) is 42.8 Å². The van der Waals surface area contributed by atoms with Crippen LogP contribution in [-0.2, 0) is 0 Å². The maximum atomic E-state index is 13.5. The summed E-state index contributed by atoms with van der Waals surface area (Å²) in [7, 11) is 0. The summed E-state index contributed by atoms with van der Waals surface area (Å²) in [6.07, 6.45) is 0. The van der Waals surface area contributed by atoms with Gasteiger partial charge in [0, 0.05) is 0 Å². The van der Waals surface area contributed by atoms with Gasteiger partial charge < -0.3 is 15.5 Å². The quantitative estimate of drug-likeness (QED) is 0.728. The van der Waals surface area contributed by atoms with E-state index in [4.69, 9.17) is 0 Å². The minimum Gasteiger partial charge on any atom is -0.508 e. The van der Waals surface area contributed by atoms with Crippen LogP contribution in [0.4, 0.5) is 10.1 Å². The fraction of sp³-hybridized carbons (Fsp3) is 0.0714. The molecule has 0 saturated heterocycles. The number of halogens is 1. The van der Waals surface area contributed by atoms with Gasteiger partial charge in [-0.2, -0.15) is 0 Å². The van der Waals surface area contributed by atoms with Crippen LogP contribution >= 0.6 is 0 Å². The number of aromatic hydroxyl groups is 2. The van der Waals surface area contributed by atoms with Crippen LogP contribution in [0.2, 0.25) is 0 Å². The predicted octanol–water partition coefficient (Wildman–Crippen LogP) is 2.80. The second-order valence-corrected chi connectivity index (χ2v) is 4.14. The van der Waals surface area contributed by atoms with Crippen LogP contribution in [0.1, 0.15) is 15.9 Å². The molecule has 0 bridgehead atoms. The van der Waals surface area contributed by atoms with Crippen molar-refractivity contribution in [2.75, 3.05) is 5.32 Å². The summed E-state index contributed by atoms with van der Waals surface area (Å²) in [5, 5.41) is 21.2. The number of hydrogen-bond donors (Lipinski definition) is 3. The Morgan fingerprint density at radius 1 is 1.16 bits per heavy atom. The van der Waals surface area contributed by atoms with Gasteiger partial charge in [0.2, 0.25) is 0 Å². The topological polar surface area (TPSA) is 69.6 Å². The van der Waals surface area contributed by atoms with Crippen molar-refractivity contribution in [1.29, 1.82) is 0 Å². The van der Waals surface area contributed by atoms with E-state index in [2.05, 4.69) is 5.32 Å².